The number of nitrogens with zero attached hydrogens (tertiary/aromatic N) is 1. The number of aliphatic hydroxyl groups is 1. The Kier molecular flexibility index (Phi) is 48.0. The standard InChI is InChI=1S/C11H24N2O.C11H21NO2.C11H23NO.C10H22N2O.C9H18O.C8H17NO.C8H17NS/c1-6-13(7-2)10(14)12-9-8-11(3,4)5;1-11(2,3)8-4-5-9(6-8)14-10(13)7-12;1-8(2)10(12-9(3)13)7-11(4,5)6;1-5-11-9(13)12-8-6-7-10(2,3)4;1-9(2,3)7-4-5-8(10)6-7;2*1-7(10)9-6-5-8(2,3)4/h6-9H2,1-5H3,(H,12,14);8-9H,4-7,12H2,1-3H3;8,10H,7H2,1-6H3,(H,12,13);5-8H2,1-4H3,(H2,11,12,13);7-8,10H,4-6H2,1-3H3;2*5-6H2,1-4H3,(H,9,10). The van der Waals surface area contributed by atoms with Crippen LogP contribution in [0.5, 0.6) is 0 Å². The van der Waals surface area contributed by atoms with Crippen LogP contribution >= 0.6 is 12.2 Å². The van der Waals surface area contributed by atoms with Gasteiger partial charge in [0.25, 0.3) is 0 Å². The molecule has 0 aromatic rings. The molecule has 84 heavy (non-hydrogen) atoms. The SMILES string of the molecule is CC(=O)NC(CC(C)(C)C)C(C)C.CC(=O)NCCC(C)(C)C.CC(=S)NCCC(C)(C)C.CC(C)(C)C1CCC(O)C1.CC(C)(C)C1CCC(OC(=O)CN)C1.CCN(CC)C(=O)NCCC(C)(C)C.CCNC(=O)NCCCC(C)(C)C. The lowest BCUT2D eigenvalue weighted by molar-refractivity contribution is -0.147. The molecule has 0 heterocycles. The van der Waals surface area contributed by atoms with Gasteiger partial charge in [-0.1, -0.05) is 171 Å². The van der Waals surface area contributed by atoms with Gasteiger partial charge in [0.15, 0.2) is 0 Å². The van der Waals surface area contributed by atoms with Crippen molar-refractivity contribution in [2.75, 3.05) is 52.4 Å². The smallest absolute Gasteiger partial charge is 0.319 e. The van der Waals surface area contributed by atoms with E-state index in [1.165, 1.54) is 12.8 Å². The van der Waals surface area contributed by atoms with Crippen LogP contribution < -0.4 is 37.6 Å². The highest BCUT2D eigenvalue weighted by atomic mass is 32.1. The Morgan fingerprint density at radius 3 is 1.30 bits per heavy atom. The number of nitrogens with one attached hydrogen (secondary N) is 6. The molecule has 6 amide bonds. The molecule has 0 bridgehead atoms. The number of thiocarbonyl (C=S) groups is 1. The molecule has 0 saturated heterocycles. The zero-order valence-electron chi connectivity index (χ0n) is 60.4. The van der Waals surface area contributed by atoms with Gasteiger partial charge in [-0.2, -0.15) is 0 Å². The molecule has 0 spiro atoms. The average molecular weight is 1220 g/mol. The monoisotopic (exact) mass is 1220 g/mol. The fraction of sp³-hybridized carbons (Fsp3) is 0.912. The number of nitrogens with two attached hydrogens (primary N) is 1. The molecule has 0 aliphatic heterocycles. The predicted molar refractivity (Wildman–Crippen MR) is 364 cm³/mol. The molecule has 5 unspecified atom stereocenters. The molecule has 5 atom stereocenters. The summed E-state index contributed by atoms with van der Waals surface area (Å²) in [6, 6.07) is 0.299. The van der Waals surface area contributed by atoms with Gasteiger partial charge >= 0.3 is 18.0 Å². The molecule has 0 radical (unpaired) electrons. The molecule has 15 nitrogen and oxygen atoms in total. The summed E-state index contributed by atoms with van der Waals surface area (Å²) in [7, 11) is 0. The second kappa shape index (κ2) is 45.1. The van der Waals surface area contributed by atoms with E-state index < -0.39 is 0 Å². The number of hydrogen-bond donors (Lipinski definition) is 8. The minimum atomic E-state index is -0.274. The minimum Gasteiger partial charge on any atom is -0.461 e. The summed E-state index contributed by atoms with van der Waals surface area (Å²) in [5.74, 6) is 1.76. The van der Waals surface area contributed by atoms with Gasteiger partial charge in [0.2, 0.25) is 11.8 Å². The molecule has 0 aromatic carbocycles. The van der Waals surface area contributed by atoms with E-state index in [4.69, 9.17) is 22.7 Å². The maximum atomic E-state index is 11.5. The van der Waals surface area contributed by atoms with E-state index in [0.717, 1.165) is 114 Å². The zero-order valence-corrected chi connectivity index (χ0v) is 61.3. The molecule has 2 saturated carbocycles. The van der Waals surface area contributed by atoms with Crippen molar-refractivity contribution in [3.8, 4) is 0 Å². The Labute approximate surface area is 525 Å². The summed E-state index contributed by atoms with van der Waals surface area (Å²) in [5.41, 5.74) is 7.58. The number of hydrogen-bond acceptors (Lipinski definition) is 9. The Balaban J connectivity index is -0.000000290. The normalized spacial score (nSPS) is 17.2. The van der Waals surface area contributed by atoms with Crippen LogP contribution in [0.2, 0.25) is 0 Å². The third-order valence-corrected chi connectivity index (χ3v) is 14.3. The maximum absolute atomic E-state index is 11.5. The minimum absolute atomic E-state index is 0.00329. The van der Waals surface area contributed by atoms with Crippen LogP contribution in [0, 0.1) is 55.7 Å². The number of rotatable bonds is 17. The predicted octanol–water partition coefficient (Wildman–Crippen LogP) is 15.0. The van der Waals surface area contributed by atoms with Crippen LogP contribution in [0.3, 0.4) is 0 Å². The molecular weight excluding hydrogens is 1070 g/mol. The van der Waals surface area contributed by atoms with Crippen molar-refractivity contribution in [2.45, 2.75) is 296 Å². The van der Waals surface area contributed by atoms with E-state index in [1.54, 1.807) is 18.7 Å². The largest absolute Gasteiger partial charge is 0.461 e. The molecule has 2 aliphatic carbocycles. The number of urea groups is 2. The van der Waals surface area contributed by atoms with E-state index in [-0.39, 0.29) is 59.4 Å². The summed E-state index contributed by atoms with van der Waals surface area (Å²) in [6.45, 7) is 67.2. The van der Waals surface area contributed by atoms with Crippen molar-refractivity contribution in [1.29, 1.82) is 0 Å². The summed E-state index contributed by atoms with van der Waals surface area (Å²) in [5, 5.41) is 26.6. The lowest BCUT2D eigenvalue weighted by Gasteiger charge is -2.29. The Bertz CT molecular complexity index is 1710. The van der Waals surface area contributed by atoms with E-state index >= 15 is 0 Å². The van der Waals surface area contributed by atoms with Gasteiger partial charge in [0.05, 0.1) is 17.6 Å². The van der Waals surface area contributed by atoms with E-state index in [0.29, 0.717) is 51.5 Å². The first kappa shape index (κ1) is 89.5. The van der Waals surface area contributed by atoms with E-state index in [1.807, 2.05) is 27.7 Å². The maximum Gasteiger partial charge on any atom is 0.319 e. The van der Waals surface area contributed by atoms with Crippen molar-refractivity contribution in [2.24, 2.45) is 61.4 Å². The lowest BCUT2D eigenvalue weighted by atomic mass is 9.80. The van der Waals surface area contributed by atoms with Crippen molar-refractivity contribution in [1.82, 2.24) is 36.8 Å². The third-order valence-electron chi connectivity index (χ3n) is 14.2. The Morgan fingerprint density at radius 1 is 0.560 bits per heavy atom. The molecule has 2 aliphatic rings. The molecule has 0 aromatic heterocycles. The van der Waals surface area contributed by atoms with Crippen molar-refractivity contribution in [3.63, 3.8) is 0 Å². The topological polar surface area (TPSA) is 216 Å². The first-order chi connectivity index (χ1) is 37.8. The fourth-order valence-electron chi connectivity index (χ4n) is 8.62. The highest BCUT2D eigenvalue weighted by Gasteiger charge is 2.35. The van der Waals surface area contributed by atoms with Gasteiger partial charge in [-0.15, -0.1) is 0 Å². The van der Waals surface area contributed by atoms with E-state index in [2.05, 4.69) is 191 Å². The Hall–Kier alpha value is -3.24. The fourth-order valence-corrected chi connectivity index (χ4v) is 8.73. The third kappa shape index (κ3) is 64.8. The van der Waals surface area contributed by atoms with Gasteiger partial charge in [-0.25, -0.2) is 9.59 Å². The van der Waals surface area contributed by atoms with Crippen molar-refractivity contribution in [3.05, 3.63) is 0 Å². The van der Waals surface area contributed by atoms with Crippen LogP contribution in [-0.4, -0.2) is 115 Å². The zero-order chi connectivity index (χ0) is 67.1. The number of esters is 1. The van der Waals surface area contributed by atoms with Gasteiger partial charge in [-0.3, -0.25) is 14.4 Å². The molecule has 16 heteroatoms. The van der Waals surface area contributed by atoms with Crippen molar-refractivity contribution >= 4 is 47.1 Å². The molecule has 502 valence electrons. The summed E-state index contributed by atoms with van der Waals surface area (Å²) < 4.78 is 5.22. The molecule has 2 fully saturated rings. The van der Waals surface area contributed by atoms with Gasteiger partial charge in [-0.05, 0) is 160 Å². The van der Waals surface area contributed by atoms with Crippen LogP contribution in [0.1, 0.15) is 278 Å². The van der Waals surface area contributed by atoms with Crippen LogP contribution in [0.4, 0.5) is 9.59 Å². The van der Waals surface area contributed by atoms with E-state index in [9.17, 15) is 29.1 Å². The lowest BCUT2D eigenvalue weighted by Crippen LogP contribution is -2.40. The van der Waals surface area contributed by atoms with Gasteiger partial charge < -0.3 is 52.4 Å². The highest BCUT2D eigenvalue weighted by Crippen LogP contribution is 2.41. The number of carbonyl (C=O) groups is 5. The molecule has 2 rings (SSSR count). The number of aliphatic hydroxyl groups excluding tert-OH is 1. The number of carbonyl (C=O) groups excluding carboxylic acids is 5. The summed E-state index contributed by atoms with van der Waals surface area (Å²) >= 11 is 4.87. The Morgan fingerprint density at radius 2 is 0.988 bits per heavy atom. The number of amides is 6. The first-order valence-corrected chi connectivity index (χ1v) is 32.6. The van der Waals surface area contributed by atoms with Crippen LogP contribution in [0.25, 0.3) is 0 Å². The highest BCUT2D eigenvalue weighted by molar-refractivity contribution is 7.80. The van der Waals surface area contributed by atoms with Crippen molar-refractivity contribution < 1.29 is 33.8 Å². The second-order valence-electron chi connectivity index (χ2n) is 31.8. The average Bonchev–Trinajstić information content (AvgIpc) is 3.97. The molecular formula is C68H142N8O7S. The summed E-state index contributed by atoms with van der Waals surface area (Å²) in [4.78, 5) is 57.5. The first-order valence-electron chi connectivity index (χ1n) is 32.2. The quantitative estimate of drug-likeness (QED) is 0.0392. The van der Waals surface area contributed by atoms with Gasteiger partial charge in [0.1, 0.15) is 6.10 Å². The summed E-state index contributed by atoms with van der Waals surface area (Å²) in [6.07, 6.45) is 12.9. The van der Waals surface area contributed by atoms with Crippen LogP contribution in [-0.2, 0) is 19.1 Å². The molecule has 9 N–H and O–H groups in total. The second-order valence-corrected chi connectivity index (χ2v) is 32.4. The number of ether oxygens (including phenoxy) is 1. The van der Waals surface area contributed by atoms with Crippen LogP contribution in [0.15, 0.2) is 0 Å². The van der Waals surface area contributed by atoms with Gasteiger partial charge in [0, 0.05) is 65.7 Å².